The van der Waals surface area contributed by atoms with E-state index in [1.54, 1.807) is 73.8 Å². The maximum atomic E-state index is 16.3. The molecule has 49 heavy (non-hydrogen) atoms. The molecule has 0 atom stereocenters. The third-order valence-corrected chi connectivity index (χ3v) is 9.38. The van der Waals surface area contributed by atoms with Crippen LogP contribution in [0.3, 0.4) is 0 Å². The number of phenols is 1. The van der Waals surface area contributed by atoms with Crippen molar-refractivity contribution in [1.29, 1.82) is 0 Å². The van der Waals surface area contributed by atoms with E-state index in [9.17, 15) is 29.7 Å². The number of aromatic nitrogens is 1. The summed E-state index contributed by atoms with van der Waals surface area (Å²) in [6.07, 6.45) is 2.68. The van der Waals surface area contributed by atoms with Crippen LogP contribution in [-0.2, 0) is 6.42 Å². The Labute approximate surface area is 286 Å². The first-order chi connectivity index (χ1) is 23.5. The monoisotopic (exact) mass is 693 g/mol. The predicted molar refractivity (Wildman–Crippen MR) is 185 cm³/mol. The van der Waals surface area contributed by atoms with Gasteiger partial charge in [-0.05, 0) is 52.8 Å². The highest BCUT2D eigenvalue weighted by Crippen LogP contribution is 2.47. The first-order valence-corrected chi connectivity index (χ1v) is 15.5. The zero-order valence-corrected chi connectivity index (χ0v) is 26.9. The van der Waals surface area contributed by atoms with Crippen molar-refractivity contribution in [3.05, 3.63) is 139 Å². The van der Waals surface area contributed by atoms with Gasteiger partial charge >= 0.3 is 11.9 Å². The van der Waals surface area contributed by atoms with Crippen molar-refractivity contribution in [3.63, 3.8) is 0 Å². The molecule has 0 radical (unpaired) electrons. The van der Waals surface area contributed by atoms with Crippen molar-refractivity contribution < 1.29 is 33.7 Å². The van der Waals surface area contributed by atoms with Gasteiger partial charge < -0.3 is 19.7 Å². The summed E-state index contributed by atoms with van der Waals surface area (Å²) in [5, 5.41) is 31.1. The number of aryl methyl sites for hydroxylation is 1. The number of phenolic OH excluding ortho intramolecular Hbond substituents is 1. The van der Waals surface area contributed by atoms with Gasteiger partial charge in [0.2, 0.25) is 5.82 Å². The summed E-state index contributed by atoms with van der Waals surface area (Å²) in [6.45, 7) is 1.80. The lowest BCUT2D eigenvalue weighted by molar-refractivity contribution is 0.0680. The maximum Gasteiger partial charge on any atom is 0.337 e. The van der Waals surface area contributed by atoms with Crippen LogP contribution in [-0.4, -0.2) is 32.2 Å². The molecule has 0 bridgehead atoms. The van der Waals surface area contributed by atoms with Gasteiger partial charge in [0.1, 0.15) is 5.76 Å². The van der Waals surface area contributed by atoms with Gasteiger partial charge in [-0.2, -0.15) is 4.39 Å². The second-order valence-corrected chi connectivity index (χ2v) is 12.2. The second kappa shape index (κ2) is 12.0. The van der Waals surface area contributed by atoms with Gasteiger partial charge in [-0.25, -0.2) is 9.59 Å². The molecule has 5 aromatic rings. The SMILES string of the molecule is Cc1ccccc1-c1c2oc3c(F)c(O)c4ccccc4c3c(Cc3c(Cl)c(C(=O)O)cc(Cl)c3C(=O)O)c-2cc(-c2cccnc2)c1=O. The molecule has 2 heterocycles. The molecule has 0 saturated heterocycles. The summed E-state index contributed by atoms with van der Waals surface area (Å²) in [6, 6.07) is 19.4. The summed E-state index contributed by atoms with van der Waals surface area (Å²) in [7, 11) is 0. The Hall–Kier alpha value is -5.77. The van der Waals surface area contributed by atoms with Gasteiger partial charge in [-0.3, -0.25) is 9.78 Å². The van der Waals surface area contributed by atoms with E-state index in [4.69, 9.17) is 27.6 Å². The third kappa shape index (κ3) is 5.06. The maximum absolute atomic E-state index is 16.3. The average molecular weight is 694 g/mol. The van der Waals surface area contributed by atoms with Crippen molar-refractivity contribution in [2.45, 2.75) is 13.3 Å². The number of carboxylic acids is 2. The summed E-state index contributed by atoms with van der Waals surface area (Å²) in [4.78, 5) is 43.5. The summed E-state index contributed by atoms with van der Waals surface area (Å²) < 4.78 is 22.6. The third-order valence-electron chi connectivity index (χ3n) is 8.65. The largest absolute Gasteiger partial charge is 0.504 e. The van der Waals surface area contributed by atoms with Crippen LogP contribution in [0, 0.1) is 12.7 Å². The van der Waals surface area contributed by atoms with Crippen molar-refractivity contribution >= 4 is 56.9 Å². The molecule has 8 nitrogen and oxygen atoms in total. The van der Waals surface area contributed by atoms with E-state index >= 15 is 4.39 Å². The van der Waals surface area contributed by atoms with Gasteiger partial charge in [0.15, 0.2) is 16.8 Å². The number of hydrogen-bond acceptors (Lipinski definition) is 6. The quantitative estimate of drug-likeness (QED) is 0.116. The van der Waals surface area contributed by atoms with Crippen molar-refractivity contribution in [2.24, 2.45) is 0 Å². The first kappa shape index (κ1) is 31.8. The molecule has 0 amide bonds. The molecule has 1 aromatic heterocycles. The zero-order valence-electron chi connectivity index (χ0n) is 25.3. The van der Waals surface area contributed by atoms with E-state index in [1.165, 1.54) is 12.3 Å². The highest BCUT2D eigenvalue weighted by Gasteiger charge is 2.31. The standard InChI is InChI=1S/C38H22Cl2FNO7/c1-17-7-2-3-9-19(17)30-33(43)22(18-8-6-12-42-16-18)13-24-23(14-25-29(38(47)48)27(39)15-26(31(25)40)37(45)46)28-20-10-4-5-11-21(20)34(44)32(41)36(28)49-35(24)30/h2-13,15-16,44H,14H2,1H3,(H,45,46)(H,47,48). The molecule has 4 aromatic carbocycles. The first-order valence-electron chi connectivity index (χ1n) is 14.8. The number of carboxylic acid groups (broad SMARTS) is 2. The molecule has 1 aliphatic carbocycles. The lowest BCUT2D eigenvalue weighted by Gasteiger charge is -2.22. The molecule has 0 unspecified atom stereocenters. The van der Waals surface area contributed by atoms with Gasteiger partial charge in [0.25, 0.3) is 0 Å². The van der Waals surface area contributed by atoms with Crippen LogP contribution in [0.4, 0.5) is 4.39 Å². The highest BCUT2D eigenvalue weighted by atomic mass is 35.5. The van der Waals surface area contributed by atoms with Crippen molar-refractivity contribution in [2.75, 3.05) is 0 Å². The molecule has 2 aliphatic rings. The average Bonchev–Trinajstić information content (AvgIpc) is 3.08. The Morgan fingerprint density at radius 1 is 0.878 bits per heavy atom. The van der Waals surface area contributed by atoms with E-state index < -0.39 is 52.1 Å². The van der Waals surface area contributed by atoms with E-state index in [2.05, 4.69) is 4.98 Å². The Bertz CT molecular complexity index is 2570. The fraction of sp³-hybridized carbons (Fsp3) is 0.0526. The number of nitrogens with zero attached hydrogens (tertiary/aromatic N) is 1. The normalized spacial score (nSPS) is 11.4. The minimum Gasteiger partial charge on any atom is -0.504 e. The van der Waals surface area contributed by atoms with Crippen molar-refractivity contribution in [1.82, 2.24) is 4.98 Å². The number of rotatable bonds is 6. The molecule has 242 valence electrons. The molecule has 0 saturated carbocycles. The smallest absolute Gasteiger partial charge is 0.337 e. The molecule has 7 rings (SSSR count). The number of benzene rings is 5. The van der Waals surface area contributed by atoms with Gasteiger partial charge in [-0.15, -0.1) is 0 Å². The topological polar surface area (TPSA) is 138 Å². The van der Waals surface area contributed by atoms with Gasteiger partial charge in [-0.1, -0.05) is 77.8 Å². The molecule has 11 heteroatoms. The number of hydrogen-bond donors (Lipinski definition) is 3. The minimum atomic E-state index is -1.47. The molecular weight excluding hydrogens is 672 g/mol. The van der Waals surface area contributed by atoms with Crippen LogP contribution in [0.1, 0.15) is 37.4 Å². The Morgan fingerprint density at radius 2 is 1.59 bits per heavy atom. The van der Waals surface area contributed by atoms with Crippen molar-refractivity contribution in [3.8, 4) is 39.3 Å². The minimum absolute atomic E-state index is 0.0449. The predicted octanol–water partition coefficient (Wildman–Crippen LogP) is 9.23. The van der Waals surface area contributed by atoms with Crippen LogP contribution in [0.25, 0.3) is 55.3 Å². The number of aromatic hydroxyl groups is 1. The lowest BCUT2D eigenvalue weighted by atomic mass is 9.84. The summed E-state index contributed by atoms with van der Waals surface area (Å²) in [5.41, 5.74) is 0.606. The number of pyridine rings is 1. The van der Waals surface area contributed by atoms with E-state index in [0.29, 0.717) is 22.1 Å². The number of aromatic carboxylic acids is 2. The van der Waals surface area contributed by atoms with Crippen LogP contribution < -0.4 is 5.43 Å². The summed E-state index contributed by atoms with van der Waals surface area (Å²) >= 11 is 13.0. The van der Waals surface area contributed by atoms with E-state index in [0.717, 1.165) is 6.07 Å². The molecule has 3 N–H and O–H groups in total. The Balaban J connectivity index is 1.75. The Kier molecular flexibility index (Phi) is 7.81. The molecule has 1 aliphatic heterocycles. The number of fused-ring (bicyclic) bond motifs is 4. The lowest BCUT2D eigenvalue weighted by Crippen LogP contribution is -2.14. The zero-order chi connectivity index (χ0) is 34.7. The second-order valence-electron chi connectivity index (χ2n) is 11.4. The number of halogens is 3. The fourth-order valence-electron chi connectivity index (χ4n) is 6.40. The Morgan fingerprint density at radius 3 is 2.27 bits per heavy atom. The van der Waals surface area contributed by atoms with Crippen LogP contribution in [0.15, 0.2) is 94.4 Å². The molecule has 0 fully saturated rings. The fourth-order valence-corrected chi connectivity index (χ4v) is 7.00. The molecule has 0 spiro atoms. The van der Waals surface area contributed by atoms with Crippen LogP contribution in [0.2, 0.25) is 10.0 Å². The van der Waals surface area contributed by atoms with Crippen LogP contribution >= 0.6 is 23.2 Å². The van der Waals surface area contributed by atoms with Crippen LogP contribution in [0.5, 0.6) is 5.75 Å². The number of carbonyl (C=O) groups is 2. The molecular formula is C38H22Cl2FNO7. The van der Waals surface area contributed by atoms with Gasteiger partial charge in [0.05, 0.1) is 26.7 Å². The van der Waals surface area contributed by atoms with E-state index in [1.807, 2.05) is 0 Å². The van der Waals surface area contributed by atoms with E-state index in [-0.39, 0.29) is 54.4 Å². The highest BCUT2D eigenvalue weighted by molar-refractivity contribution is 6.38. The summed E-state index contributed by atoms with van der Waals surface area (Å²) in [5.74, 6) is -4.76. The van der Waals surface area contributed by atoms with Gasteiger partial charge in [0, 0.05) is 46.3 Å².